The molecule has 4 nitrogen and oxygen atoms in total. The third-order valence-corrected chi connectivity index (χ3v) is 2.69. The van der Waals surface area contributed by atoms with E-state index in [4.69, 9.17) is 9.84 Å². The highest BCUT2D eigenvalue weighted by molar-refractivity contribution is 5.72. The van der Waals surface area contributed by atoms with Crippen LogP contribution < -0.4 is 0 Å². The van der Waals surface area contributed by atoms with Crippen LogP contribution in [0.3, 0.4) is 0 Å². The van der Waals surface area contributed by atoms with Crippen molar-refractivity contribution in [1.29, 1.82) is 0 Å². The molecule has 1 N–H and O–H groups in total. The van der Waals surface area contributed by atoms with Crippen LogP contribution >= 0.6 is 0 Å². The molecule has 0 spiro atoms. The van der Waals surface area contributed by atoms with Gasteiger partial charge in [-0.2, -0.15) is 0 Å². The SMILES string of the molecule is CC(=O)O[C@@H]1C[C@@H](C)CC[C@@H]1C(=O)O. The molecule has 0 aromatic carbocycles. The summed E-state index contributed by atoms with van der Waals surface area (Å²) in [6.07, 6.45) is 1.73. The second-order valence-electron chi connectivity index (χ2n) is 4.01. The van der Waals surface area contributed by atoms with Gasteiger partial charge in [0.25, 0.3) is 0 Å². The molecule has 1 rings (SSSR count). The van der Waals surface area contributed by atoms with Gasteiger partial charge in [0.05, 0.1) is 5.92 Å². The molecule has 3 atom stereocenters. The van der Waals surface area contributed by atoms with Gasteiger partial charge in [0, 0.05) is 6.92 Å². The maximum Gasteiger partial charge on any atom is 0.310 e. The highest BCUT2D eigenvalue weighted by Crippen LogP contribution is 2.31. The molecule has 0 radical (unpaired) electrons. The second kappa shape index (κ2) is 4.44. The van der Waals surface area contributed by atoms with Crippen molar-refractivity contribution in [2.75, 3.05) is 0 Å². The fourth-order valence-electron chi connectivity index (χ4n) is 1.95. The average molecular weight is 200 g/mol. The quantitative estimate of drug-likeness (QED) is 0.685. The minimum atomic E-state index is -0.858. The lowest BCUT2D eigenvalue weighted by molar-refractivity contribution is -0.160. The molecule has 0 bridgehead atoms. The molecule has 0 aliphatic heterocycles. The second-order valence-corrected chi connectivity index (χ2v) is 4.01. The summed E-state index contributed by atoms with van der Waals surface area (Å²) in [6.45, 7) is 3.37. The van der Waals surface area contributed by atoms with E-state index in [1.165, 1.54) is 6.92 Å². The molecule has 1 fully saturated rings. The van der Waals surface area contributed by atoms with E-state index in [2.05, 4.69) is 6.92 Å². The van der Waals surface area contributed by atoms with Crippen molar-refractivity contribution in [3.05, 3.63) is 0 Å². The summed E-state index contributed by atoms with van der Waals surface area (Å²) in [5, 5.41) is 8.92. The van der Waals surface area contributed by atoms with Gasteiger partial charge in [-0.05, 0) is 25.2 Å². The zero-order valence-corrected chi connectivity index (χ0v) is 8.53. The molecule has 4 heteroatoms. The van der Waals surface area contributed by atoms with Crippen LogP contribution in [-0.2, 0) is 14.3 Å². The number of rotatable bonds is 2. The van der Waals surface area contributed by atoms with Gasteiger partial charge in [0.15, 0.2) is 0 Å². The lowest BCUT2D eigenvalue weighted by Gasteiger charge is -2.31. The van der Waals surface area contributed by atoms with Crippen LogP contribution in [-0.4, -0.2) is 23.1 Å². The zero-order chi connectivity index (χ0) is 10.7. The van der Waals surface area contributed by atoms with Crippen molar-refractivity contribution in [3.63, 3.8) is 0 Å². The highest BCUT2D eigenvalue weighted by Gasteiger charge is 2.35. The minimum absolute atomic E-state index is 0.393. The summed E-state index contributed by atoms with van der Waals surface area (Å²) < 4.78 is 5.02. The third kappa shape index (κ3) is 2.72. The van der Waals surface area contributed by atoms with Gasteiger partial charge in [-0.15, -0.1) is 0 Å². The molecule has 0 heterocycles. The molecule has 0 unspecified atom stereocenters. The number of carbonyl (C=O) groups is 2. The van der Waals surface area contributed by atoms with E-state index < -0.39 is 24.0 Å². The van der Waals surface area contributed by atoms with Crippen LogP contribution in [0.4, 0.5) is 0 Å². The molecule has 0 saturated heterocycles. The van der Waals surface area contributed by atoms with Crippen molar-refractivity contribution >= 4 is 11.9 Å². The first-order valence-electron chi connectivity index (χ1n) is 4.90. The van der Waals surface area contributed by atoms with E-state index in [0.717, 1.165) is 6.42 Å². The van der Waals surface area contributed by atoms with Crippen LogP contribution in [0.25, 0.3) is 0 Å². The standard InChI is InChI=1S/C10H16O4/c1-6-3-4-8(10(12)13)9(5-6)14-7(2)11/h6,8-9H,3-5H2,1-2H3,(H,12,13)/t6-,8-,9+/m0/s1. The fourth-order valence-corrected chi connectivity index (χ4v) is 1.95. The summed E-state index contributed by atoms with van der Waals surface area (Å²) in [4.78, 5) is 21.6. The topological polar surface area (TPSA) is 63.6 Å². The van der Waals surface area contributed by atoms with Gasteiger partial charge >= 0.3 is 11.9 Å². The van der Waals surface area contributed by atoms with Gasteiger partial charge < -0.3 is 9.84 Å². The summed E-state index contributed by atoms with van der Waals surface area (Å²) in [5.41, 5.74) is 0. The molecule has 80 valence electrons. The zero-order valence-electron chi connectivity index (χ0n) is 8.53. The Morgan fingerprint density at radius 3 is 2.50 bits per heavy atom. The molecular formula is C10H16O4. The fraction of sp³-hybridized carbons (Fsp3) is 0.800. The monoisotopic (exact) mass is 200 g/mol. The third-order valence-electron chi connectivity index (χ3n) is 2.69. The van der Waals surface area contributed by atoms with E-state index in [9.17, 15) is 9.59 Å². The van der Waals surface area contributed by atoms with Crippen molar-refractivity contribution in [3.8, 4) is 0 Å². The van der Waals surface area contributed by atoms with Crippen LogP contribution in [0.5, 0.6) is 0 Å². The van der Waals surface area contributed by atoms with E-state index >= 15 is 0 Å². The molecule has 1 saturated carbocycles. The Labute approximate surface area is 83.2 Å². The van der Waals surface area contributed by atoms with Gasteiger partial charge in [-0.1, -0.05) is 6.92 Å². The Morgan fingerprint density at radius 2 is 2.00 bits per heavy atom. The smallest absolute Gasteiger partial charge is 0.310 e. The van der Waals surface area contributed by atoms with Crippen LogP contribution in [0, 0.1) is 11.8 Å². The molecule has 1 aliphatic carbocycles. The number of carbonyl (C=O) groups excluding carboxylic acids is 1. The van der Waals surface area contributed by atoms with E-state index in [1.54, 1.807) is 0 Å². The van der Waals surface area contributed by atoms with Crippen LogP contribution in [0.2, 0.25) is 0 Å². The maximum atomic E-state index is 10.9. The average Bonchev–Trinajstić information content (AvgIpc) is 2.01. The number of esters is 1. The molecular weight excluding hydrogens is 184 g/mol. The van der Waals surface area contributed by atoms with Crippen LogP contribution in [0.1, 0.15) is 33.1 Å². The molecule has 14 heavy (non-hydrogen) atoms. The number of ether oxygens (including phenoxy) is 1. The van der Waals surface area contributed by atoms with Crippen molar-refractivity contribution in [2.45, 2.75) is 39.2 Å². The van der Waals surface area contributed by atoms with E-state index in [0.29, 0.717) is 18.8 Å². The number of hydrogen-bond donors (Lipinski definition) is 1. The Bertz CT molecular complexity index is 236. The van der Waals surface area contributed by atoms with Gasteiger partial charge in [0.1, 0.15) is 6.10 Å². The first-order chi connectivity index (χ1) is 6.50. The normalized spacial score (nSPS) is 32.3. The Morgan fingerprint density at radius 1 is 1.36 bits per heavy atom. The number of carboxylic acid groups (broad SMARTS) is 1. The molecule has 0 aromatic rings. The van der Waals surface area contributed by atoms with Crippen molar-refractivity contribution in [2.24, 2.45) is 11.8 Å². The first-order valence-corrected chi connectivity index (χ1v) is 4.90. The minimum Gasteiger partial charge on any atom is -0.481 e. The summed E-state index contributed by atoms with van der Waals surface area (Å²) in [6, 6.07) is 0. The van der Waals surface area contributed by atoms with Crippen LogP contribution in [0.15, 0.2) is 0 Å². The summed E-state index contributed by atoms with van der Waals surface area (Å²) in [5.74, 6) is -1.33. The van der Waals surface area contributed by atoms with E-state index in [1.807, 2.05) is 0 Å². The largest absolute Gasteiger partial charge is 0.481 e. The Kier molecular flexibility index (Phi) is 3.49. The maximum absolute atomic E-state index is 10.9. The molecule has 0 aromatic heterocycles. The predicted octanol–water partition coefficient (Wildman–Crippen LogP) is 1.44. The highest BCUT2D eigenvalue weighted by atomic mass is 16.5. The van der Waals surface area contributed by atoms with Crippen molar-refractivity contribution in [1.82, 2.24) is 0 Å². The number of aliphatic carboxylic acids is 1. The van der Waals surface area contributed by atoms with Gasteiger partial charge in [-0.25, -0.2) is 0 Å². The van der Waals surface area contributed by atoms with Crippen molar-refractivity contribution < 1.29 is 19.4 Å². The first kappa shape index (κ1) is 11.0. The predicted molar refractivity (Wildman–Crippen MR) is 49.7 cm³/mol. The van der Waals surface area contributed by atoms with E-state index in [-0.39, 0.29) is 0 Å². The lowest BCUT2D eigenvalue weighted by Crippen LogP contribution is -2.37. The molecule has 0 amide bonds. The summed E-state index contributed by atoms with van der Waals surface area (Å²) >= 11 is 0. The number of hydrogen-bond acceptors (Lipinski definition) is 3. The lowest BCUT2D eigenvalue weighted by atomic mass is 9.80. The Hall–Kier alpha value is -1.06. The molecule has 1 aliphatic rings. The summed E-state index contributed by atoms with van der Waals surface area (Å²) in [7, 11) is 0. The van der Waals surface area contributed by atoms with Gasteiger partial charge in [-0.3, -0.25) is 9.59 Å². The van der Waals surface area contributed by atoms with Gasteiger partial charge in [0.2, 0.25) is 0 Å². The Balaban J connectivity index is 2.63. The number of carboxylic acids is 1.